The largest absolute Gasteiger partial charge is 0.281 e. The van der Waals surface area contributed by atoms with E-state index in [4.69, 9.17) is 0 Å². The molecule has 2 rings (SSSR count). The summed E-state index contributed by atoms with van der Waals surface area (Å²) in [6, 6.07) is 5.68. The summed E-state index contributed by atoms with van der Waals surface area (Å²) in [5.41, 5.74) is 3.66. The maximum Gasteiger partial charge on any atom is 0.113 e. The number of aromatic amines is 1. The van der Waals surface area contributed by atoms with Crippen molar-refractivity contribution >= 4 is 0 Å². The molecule has 0 spiro atoms. The summed E-state index contributed by atoms with van der Waals surface area (Å²) >= 11 is 0. The van der Waals surface area contributed by atoms with Gasteiger partial charge >= 0.3 is 0 Å². The second kappa shape index (κ2) is 3.97. The second-order valence-electron chi connectivity index (χ2n) is 3.27. The quantitative estimate of drug-likeness (QED) is 0.654. The highest BCUT2D eigenvalue weighted by atomic mass is 15.1. The first-order valence-corrected chi connectivity index (χ1v) is 4.72. The van der Waals surface area contributed by atoms with Crippen molar-refractivity contribution < 1.29 is 0 Å². The van der Waals surface area contributed by atoms with Gasteiger partial charge in [0.05, 0.1) is 11.3 Å². The molecule has 2 aromatic rings. The van der Waals surface area contributed by atoms with Gasteiger partial charge in [0.25, 0.3) is 0 Å². The number of nitrogens with one attached hydrogen (secondary N) is 1. The van der Waals surface area contributed by atoms with Crippen LogP contribution in [0.4, 0.5) is 0 Å². The van der Waals surface area contributed by atoms with E-state index in [1.54, 1.807) is 6.20 Å². The molecule has 0 aromatic carbocycles. The van der Waals surface area contributed by atoms with E-state index in [2.05, 4.69) is 27.0 Å². The average molecular weight is 197 g/mol. The van der Waals surface area contributed by atoms with E-state index in [0.29, 0.717) is 0 Å². The smallest absolute Gasteiger partial charge is 0.113 e. The van der Waals surface area contributed by atoms with E-state index in [1.807, 2.05) is 32.0 Å². The fourth-order valence-electron chi connectivity index (χ4n) is 1.30. The zero-order valence-corrected chi connectivity index (χ0v) is 8.70. The predicted octanol–water partition coefficient (Wildman–Crippen LogP) is 1.82. The van der Waals surface area contributed by atoms with Gasteiger partial charge in [-0.3, -0.25) is 5.10 Å². The minimum Gasteiger partial charge on any atom is -0.281 e. The molecule has 1 N–H and O–H groups in total. The van der Waals surface area contributed by atoms with Gasteiger partial charge in [0.1, 0.15) is 5.69 Å². The van der Waals surface area contributed by atoms with Gasteiger partial charge in [0.15, 0.2) is 0 Å². The van der Waals surface area contributed by atoms with E-state index < -0.39 is 0 Å². The van der Waals surface area contributed by atoms with Crippen LogP contribution in [0.1, 0.15) is 22.6 Å². The van der Waals surface area contributed by atoms with Crippen LogP contribution in [0.3, 0.4) is 0 Å². The Morgan fingerprint density at radius 3 is 2.67 bits per heavy atom. The van der Waals surface area contributed by atoms with E-state index >= 15 is 0 Å². The molecule has 0 amide bonds. The molecule has 0 saturated heterocycles. The molecule has 0 radical (unpaired) electrons. The normalized spacial score (nSPS) is 9.47. The SMILES string of the molecule is Cc1n[nH]c(C)c1C#Cc1ccccn1. The fraction of sp³-hybridized carbons (Fsp3) is 0.167. The van der Waals surface area contributed by atoms with Gasteiger partial charge in [0.2, 0.25) is 0 Å². The maximum atomic E-state index is 4.13. The summed E-state index contributed by atoms with van der Waals surface area (Å²) in [5, 5.41) is 6.98. The monoisotopic (exact) mass is 197 g/mol. The minimum atomic E-state index is 0.775. The third kappa shape index (κ3) is 2.05. The average Bonchev–Trinajstić information content (AvgIpc) is 2.58. The van der Waals surface area contributed by atoms with Crippen molar-refractivity contribution in [3.8, 4) is 11.8 Å². The Bertz CT molecular complexity index is 495. The van der Waals surface area contributed by atoms with Gasteiger partial charge in [-0.15, -0.1) is 0 Å². The third-order valence-electron chi connectivity index (χ3n) is 2.11. The molecule has 0 saturated carbocycles. The Morgan fingerprint density at radius 2 is 2.07 bits per heavy atom. The number of hydrogen-bond donors (Lipinski definition) is 1. The van der Waals surface area contributed by atoms with Gasteiger partial charge < -0.3 is 0 Å². The lowest BCUT2D eigenvalue weighted by atomic mass is 10.2. The van der Waals surface area contributed by atoms with Crippen molar-refractivity contribution in [1.82, 2.24) is 15.2 Å². The molecule has 2 aromatic heterocycles. The van der Waals surface area contributed by atoms with Gasteiger partial charge in [0, 0.05) is 11.9 Å². The number of hydrogen-bond acceptors (Lipinski definition) is 2. The Hall–Kier alpha value is -2.08. The molecule has 0 bridgehead atoms. The molecule has 0 aliphatic rings. The molecule has 74 valence electrons. The van der Waals surface area contributed by atoms with Crippen molar-refractivity contribution in [2.45, 2.75) is 13.8 Å². The first-order valence-electron chi connectivity index (χ1n) is 4.72. The molecule has 0 unspecified atom stereocenters. The number of aromatic nitrogens is 3. The standard InChI is InChI=1S/C12H11N3/c1-9-12(10(2)15-14-9)7-6-11-5-3-4-8-13-11/h3-5,8H,1-2H3,(H,14,15). The molecule has 2 heterocycles. The summed E-state index contributed by atoms with van der Waals surface area (Å²) in [5.74, 6) is 6.08. The van der Waals surface area contributed by atoms with Crippen LogP contribution in [0.2, 0.25) is 0 Å². The second-order valence-corrected chi connectivity index (χ2v) is 3.27. The van der Waals surface area contributed by atoms with Gasteiger partial charge in [-0.25, -0.2) is 4.98 Å². The van der Waals surface area contributed by atoms with Crippen LogP contribution in [0, 0.1) is 25.7 Å². The first-order chi connectivity index (χ1) is 7.27. The number of rotatable bonds is 0. The Balaban J connectivity index is 2.34. The highest BCUT2D eigenvalue weighted by Crippen LogP contribution is 2.06. The van der Waals surface area contributed by atoms with Gasteiger partial charge in [-0.05, 0) is 31.9 Å². The Kier molecular flexibility index (Phi) is 2.51. The first kappa shape index (κ1) is 9.47. The van der Waals surface area contributed by atoms with Crippen LogP contribution in [0.15, 0.2) is 24.4 Å². The van der Waals surface area contributed by atoms with Crippen molar-refractivity contribution in [2.24, 2.45) is 0 Å². The number of H-pyrrole nitrogens is 1. The van der Waals surface area contributed by atoms with Crippen molar-refractivity contribution in [2.75, 3.05) is 0 Å². The number of aryl methyl sites for hydroxylation is 2. The van der Waals surface area contributed by atoms with Crippen molar-refractivity contribution in [3.63, 3.8) is 0 Å². The molecule has 0 atom stereocenters. The highest BCUT2D eigenvalue weighted by molar-refractivity contribution is 5.44. The van der Waals surface area contributed by atoms with Crippen molar-refractivity contribution in [3.05, 3.63) is 47.0 Å². The Morgan fingerprint density at radius 1 is 1.20 bits per heavy atom. The number of pyridine rings is 1. The predicted molar refractivity (Wildman–Crippen MR) is 58.3 cm³/mol. The van der Waals surface area contributed by atoms with Crippen LogP contribution in [0.5, 0.6) is 0 Å². The summed E-state index contributed by atoms with van der Waals surface area (Å²) in [6.07, 6.45) is 1.74. The van der Waals surface area contributed by atoms with E-state index in [9.17, 15) is 0 Å². The number of nitrogens with zero attached hydrogens (tertiary/aromatic N) is 2. The van der Waals surface area contributed by atoms with E-state index in [1.165, 1.54) is 0 Å². The summed E-state index contributed by atoms with van der Waals surface area (Å²) in [6.45, 7) is 3.90. The zero-order valence-electron chi connectivity index (χ0n) is 8.70. The summed E-state index contributed by atoms with van der Waals surface area (Å²) in [7, 11) is 0. The van der Waals surface area contributed by atoms with Gasteiger partial charge in [-0.2, -0.15) is 5.10 Å². The van der Waals surface area contributed by atoms with E-state index in [-0.39, 0.29) is 0 Å². The molecule has 0 aliphatic carbocycles. The van der Waals surface area contributed by atoms with Crippen LogP contribution >= 0.6 is 0 Å². The summed E-state index contributed by atoms with van der Waals surface area (Å²) < 4.78 is 0. The molecular weight excluding hydrogens is 186 g/mol. The summed E-state index contributed by atoms with van der Waals surface area (Å²) in [4.78, 5) is 4.13. The third-order valence-corrected chi connectivity index (χ3v) is 2.11. The Labute approximate surface area is 88.6 Å². The topological polar surface area (TPSA) is 41.6 Å². The molecule has 0 fully saturated rings. The van der Waals surface area contributed by atoms with E-state index in [0.717, 1.165) is 22.6 Å². The lowest BCUT2D eigenvalue weighted by Crippen LogP contribution is -1.82. The molecule has 15 heavy (non-hydrogen) atoms. The van der Waals surface area contributed by atoms with Gasteiger partial charge in [-0.1, -0.05) is 12.0 Å². The molecule has 3 nitrogen and oxygen atoms in total. The minimum absolute atomic E-state index is 0.775. The fourth-order valence-corrected chi connectivity index (χ4v) is 1.30. The zero-order chi connectivity index (χ0) is 10.7. The van der Waals surface area contributed by atoms with Crippen molar-refractivity contribution in [1.29, 1.82) is 0 Å². The maximum absolute atomic E-state index is 4.13. The van der Waals surface area contributed by atoms with Crippen LogP contribution in [-0.2, 0) is 0 Å². The van der Waals surface area contributed by atoms with Crippen LogP contribution < -0.4 is 0 Å². The highest BCUT2D eigenvalue weighted by Gasteiger charge is 2.01. The molecule has 3 heteroatoms. The molecule has 0 aliphatic heterocycles. The van der Waals surface area contributed by atoms with Crippen LogP contribution in [0.25, 0.3) is 0 Å². The molecular formula is C12H11N3. The van der Waals surface area contributed by atoms with Crippen LogP contribution in [-0.4, -0.2) is 15.2 Å². The lowest BCUT2D eigenvalue weighted by molar-refractivity contribution is 1.02. The lowest BCUT2D eigenvalue weighted by Gasteiger charge is -1.88.